The van der Waals surface area contributed by atoms with Gasteiger partial charge in [-0.3, -0.25) is 4.79 Å². The summed E-state index contributed by atoms with van der Waals surface area (Å²) in [6, 6.07) is 3.83. The molecule has 8 heteroatoms. The van der Waals surface area contributed by atoms with Crippen LogP contribution in [0.3, 0.4) is 0 Å². The molecule has 1 amide bonds. The van der Waals surface area contributed by atoms with E-state index in [1.807, 2.05) is 30.9 Å². The Balaban J connectivity index is 0.00000169. The second-order valence-electron chi connectivity index (χ2n) is 6.39. The number of carbonyl (C=O) groups excluding carboxylic acids is 1. The van der Waals surface area contributed by atoms with Gasteiger partial charge in [0.05, 0.1) is 5.69 Å². The molecule has 0 atom stereocenters. The van der Waals surface area contributed by atoms with E-state index in [0.717, 1.165) is 66.1 Å². The quantitative estimate of drug-likeness (QED) is 0.783. The molecule has 3 heterocycles. The van der Waals surface area contributed by atoms with Crippen LogP contribution in [0.5, 0.6) is 0 Å². The molecule has 0 bridgehead atoms. The number of aryl methyl sites for hydroxylation is 2. The number of piperidine rings is 1. The first-order valence-corrected chi connectivity index (χ1v) is 9.44. The first kappa shape index (κ1) is 23.0. The van der Waals surface area contributed by atoms with Gasteiger partial charge in [0.2, 0.25) is 0 Å². The average Bonchev–Trinajstić information content (AvgIpc) is 3.18. The number of aromatic nitrogens is 1. The Morgan fingerprint density at radius 1 is 1.31 bits per heavy atom. The maximum absolute atomic E-state index is 12.8. The lowest BCUT2D eigenvalue weighted by Gasteiger charge is -2.31. The average molecular weight is 420 g/mol. The molecule has 0 spiro atoms. The molecule has 1 aliphatic heterocycles. The number of rotatable bonds is 5. The zero-order valence-electron chi connectivity index (χ0n) is 15.4. The number of thiazole rings is 1. The van der Waals surface area contributed by atoms with Crippen molar-refractivity contribution >= 4 is 42.1 Å². The zero-order chi connectivity index (χ0) is 17.1. The van der Waals surface area contributed by atoms with Crippen molar-refractivity contribution in [3.05, 3.63) is 28.5 Å². The molecule has 0 unspecified atom stereocenters. The largest absolute Gasteiger partial charge is 0.459 e. The van der Waals surface area contributed by atoms with Crippen LogP contribution in [0, 0.1) is 19.8 Å². The molecule has 0 aliphatic carbocycles. The number of nitrogens with zero attached hydrogens (tertiary/aromatic N) is 2. The lowest BCUT2D eigenvalue weighted by molar-refractivity contribution is 0.0694. The van der Waals surface area contributed by atoms with Gasteiger partial charge < -0.3 is 14.6 Å². The van der Waals surface area contributed by atoms with Gasteiger partial charge in [-0.1, -0.05) is 6.92 Å². The minimum absolute atomic E-state index is 0. The summed E-state index contributed by atoms with van der Waals surface area (Å²) in [7, 11) is 0. The normalized spacial score (nSPS) is 14.7. The number of furan rings is 1. The third-order valence-electron chi connectivity index (χ3n) is 4.53. The number of amides is 1. The Bertz CT molecular complexity index is 709. The molecule has 2 aromatic rings. The number of hydrogen-bond acceptors (Lipinski definition) is 5. The van der Waals surface area contributed by atoms with E-state index in [1.54, 1.807) is 0 Å². The fourth-order valence-electron chi connectivity index (χ4n) is 3.08. The summed E-state index contributed by atoms with van der Waals surface area (Å²) in [4.78, 5) is 20.1. The summed E-state index contributed by atoms with van der Waals surface area (Å²) in [6.07, 6.45) is 2.14. The maximum Gasteiger partial charge on any atom is 0.265 e. The predicted molar refractivity (Wildman–Crippen MR) is 111 cm³/mol. The van der Waals surface area contributed by atoms with Gasteiger partial charge in [-0.2, -0.15) is 0 Å². The second-order valence-corrected chi connectivity index (χ2v) is 7.39. The van der Waals surface area contributed by atoms with Gasteiger partial charge in [-0.25, -0.2) is 4.98 Å². The van der Waals surface area contributed by atoms with Gasteiger partial charge in [0.15, 0.2) is 10.8 Å². The fourth-order valence-corrected chi connectivity index (χ4v) is 4.08. The second kappa shape index (κ2) is 10.3. The predicted octanol–water partition coefficient (Wildman–Crippen LogP) is 4.33. The molecule has 5 nitrogen and oxygen atoms in total. The van der Waals surface area contributed by atoms with Crippen LogP contribution in [0.1, 0.15) is 40.9 Å². The van der Waals surface area contributed by atoms with Crippen molar-refractivity contribution in [3.63, 3.8) is 0 Å². The van der Waals surface area contributed by atoms with Crippen LogP contribution in [-0.2, 0) is 0 Å². The summed E-state index contributed by atoms with van der Waals surface area (Å²) in [6.45, 7) is 9.68. The van der Waals surface area contributed by atoms with Crippen LogP contribution in [0.4, 0.5) is 0 Å². The summed E-state index contributed by atoms with van der Waals surface area (Å²) >= 11 is 1.43. The number of halogens is 2. The monoisotopic (exact) mass is 419 g/mol. The van der Waals surface area contributed by atoms with Crippen molar-refractivity contribution in [1.29, 1.82) is 0 Å². The highest BCUT2D eigenvalue weighted by atomic mass is 35.5. The number of hydrogen-bond donors (Lipinski definition) is 1. The molecule has 0 aromatic carbocycles. The van der Waals surface area contributed by atoms with Gasteiger partial charge in [0.1, 0.15) is 10.6 Å². The molecular weight excluding hydrogens is 393 g/mol. The van der Waals surface area contributed by atoms with Crippen molar-refractivity contribution in [2.75, 3.05) is 26.2 Å². The van der Waals surface area contributed by atoms with E-state index in [-0.39, 0.29) is 30.7 Å². The molecule has 26 heavy (non-hydrogen) atoms. The number of likely N-dealkylation sites (tertiary alicyclic amines) is 1. The topological polar surface area (TPSA) is 58.4 Å². The van der Waals surface area contributed by atoms with E-state index in [2.05, 4.69) is 17.2 Å². The highest BCUT2D eigenvalue weighted by molar-refractivity contribution is 7.17. The van der Waals surface area contributed by atoms with Crippen LogP contribution in [-0.4, -0.2) is 42.0 Å². The Kier molecular flexibility index (Phi) is 9.10. The van der Waals surface area contributed by atoms with Crippen molar-refractivity contribution in [1.82, 2.24) is 15.2 Å². The van der Waals surface area contributed by atoms with E-state index in [4.69, 9.17) is 4.42 Å². The lowest BCUT2D eigenvalue weighted by atomic mass is 9.96. The highest BCUT2D eigenvalue weighted by Gasteiger charge is 2.26. The third-order valence-corrected chi connectivity index (χ3v) is 5.69. The molecule has 2 aromatic heterocycles. The van der Waals surface area contributed by atoms with Crippen LogP contribution >= 0.6 is 36.2 Å². The number of nitrogens with one attached hydrogen (secondary N) is 1. The zero-order valence-corrected chi connectivity index (χ0v) is 17.9. The van der Waals surface area contributed by atoms with Crippen molar-refractivity contribution in [3.8, 4) is 10.8 Å². The molecule has 0 saturated carbocycles. The molecule has 1 aliphatic rings. The Labute approximate surface area is 171 Å². The fraction of sp³-hybridized carbons (Fsp3) is 0.556. The van der Waals surface area contributed by atoms with E-state index in [0.29, 0.717) is 5.92 Å². The van der Waals surface area contributed by atoms with Crippen molar-refractivity contribution in [2.24, 2.45) is 5.92 Å². The van der Waals surface area contributed by atoms with Crippen molar-refractivity contribution in [2.45, 2.75) is 33.6 Å². The highest BCUT2D eigenvalue weighted by Crippen LogP contribution is 2.30. The molecule has 1 saturated heterocycles. The van der Waals surface area contributed by atoms with Crippen molar-refractivity contribution < 1.29 is 9.21 Å². The Morgan fingerprint density at radius 3 is 2.58 bits per heavy atom. The molecular formula is C18H27Cl2N3O2S. The summed E-state index contributed by atoms with van der Waals surface area (Å²) < 4.78 is 5.63. The number of carbonyl (C=O) groups is 1. The molecule has 146 valence electrons. The minimum atomic E-state index is 0. The van der Waals surface area contributed by atoms with E-state index < -0.39 is 0 Å². The smallest absolute Gasteiger partial charge is 0.265 e. The van der Waals surface area contributed by atoms with Crippen LogP contribution in [0.15, 0.2) is 16.5 Å². The molecule has 1 N–H and O–H groups in total. The first-order chi connectivity index (χ1) is 11.6. The first-order valence-electron chi connectivity index (χ1n) is 8.62. The van der Waals surface area contributed by atoms with Gasteiger partial charge >= 0.3 is 0 Å². The lowest BCUT2D eigenvalue weighted by Crippen LogP contribution is -2.40. The van der Waals surface area contributed by atoms with E-state index >= 15 is 0 Å². The molecule has 0 radical (unpaired) electrons. The molecule has 1 fully saturated rings. The summed E-state index contributed by atoms with van der Waals surface area (Å²) in [5.41, 5.74) is 0.795. The van der Waals surface area contributed by atoms with Gasteiger partial charge in [-0.15, -0.1) is 36.2 Å². The van der Waals surface area contributed by atoms with Gasteiger partial charge in [0.25, 0.3) is 5.91 Å². The minimum Gasteiger partial charge on any atom is -0.459 e. The van der Waals surface area contributed by atoms with Gasteiger partial charge in [-0.05, 0) is 57.8 Å². The van der Waals surface area contributed by atoms with Gasteiger partial charge in [0, 0.05) is 13.1 Å². The van der Waals surface area contributed by atoms with Crippen LogP contribution in [0.25, 0.3) is 10.8 Å². The Morgan fingerprint density at radius 2 is 2.00 bits per heavy atom. The standard InChI is InChI=1S/C18H25N3O2S.2ClH/c1-4-19-11-14-7-9-21(10-8-14)18(22)16-13(3)20-17(24-16)15-6-5-12(2)23-15;;/h5-6,14,19H,4,7-11H2,1-3H3;2*1H. The van der Waals surface area contributed by atoms with Crippen LogP contribution < -0.4 is 5.32 Å². The summed E-state index contributed by atoms with van der Waals surface area (Å²) in [5.74, 6) is 2.39. The SMILES string of the molecule is CCNCC1CCN(C(=O)c2sc(-c3ccc(C)o3)nc2C)CC1.Cl.Cl. The van der Waals surface area contributed by atoms with E-state index in [9.17, 15) is 4.79 Å². The molecule has 3 rings (SSSR count). The van der Waals surface area contributed by atoms with Crippen LogP contribution in [0.2, 0.25) is 0 Å². The Hall–Kier alpha value is -1.08. The summed E-state index contributed by atoms with van der Waals surface area (Å²) in [5, 5.41) is 4.19. The third kappa shape index (κ3) is 5.22. The van der Waals surface area contributed by atoms with E-state index in [1.165, 1.54) is 11.3 Å². The maximum atomic E-state index is 12.8.